The van der Waals surface area contributed by atoms with Gasteiger partial charge in [0, 0.05) is 37.6 Å². The molecule has 0 bridgehead atoms. The van der Waals surface area contributed by atoms with Gasteiger partial charge in [-0.3, -0.25) is 9.59 Å². The van der Waals surface area contributed by atoms with Crippen molar-refractivity contribution in [3.8, 4) is 5.75 Å². The normalized spacial score (nSPS) is 18.9. The summed E-state index contributed by atoms with van der Waals surface area (Å²) in [6.07, 6.45) is 14.4. The van der Waals surface area contributed by atoms with E-state index in [1.807, 2.05) is 97.9 Å². The Kier molecular flexibility index (Phi) is 14.6. The summed E-state index contributed by atoms with van der Waals surface area (Å²) in [6.45, 7) is 13.6. The van der Waals surface area contributed by atoms with Crippen LogP contribution in [-0.4, -0.2) is 83.1 Å². The van der Waals surface area contributed by atoms with E-state index in [1.54, 1.807) is 6.20 Å². The molecule has 0 saturated carbocycles. The minimum atomic E-state index is -0.264. The van der Waals surface area contributed by atoms with Crippen molar-refractivity contribution in [3.05, 3.63) is 99.6 Å². The van der Waals surface area contributed by atoms with Gasteiger partial charge >= 0.3 is 0 Å². The third-order valence-electron chi connectivity index (χ3n) is 10.3. The molecule has 10 heteroatoms. The first-order valence-corrected chi connectivity index (χ1v) is 19.6. The van der Waals surface area contributed by atoms with E-state index in [4.69, 9.17) is 32.7 Å². The summed E-state index contributed by atoms with van der Waals surface area (Å²) >= 11 is 13.0. The van der Waals surface area contributed by atoms with Crippen LogP contribution in [-0.2, 0) is 27.9 Å². The van der Waals surface area contributed by atoms with Gasteiger partial charge in [-0.05, 0) is 121 Å². The Bertz CT molecular complexity index is 1710. The molecule has 1 unspecified atom stereocenters. The number of ether oxygens (including phenoxy) is 2. The van der Waals surface area contributed by atoms with Gasteiger partial charge in [-0.1, -0.05) is 59.6 Å². The van der Waals surface area contributed by atoms with Crippen LogP contribution in [0.15, 0.2) is 66.9 Å². The lowest BCUT2D eigenvalue weighted by atomic mass is 9.71. The molecule has 52 heavy (non-hydrogen) atoms. The summed E-state index contributed by atoms with van der Waals surface area (Å²) in [4.78, 5) is 36.7. The number of Topliss-reactive ketones (excluding diaryl/α,β-unsaturated/α-hetero) is 1. The Balaban J connectivity index is 1.26. The predicted molar refractivity (Wildman–Crippen MR) is 211 cm³/mol. The number of ketones is 1. The summed E-state index contributed by atoms with van der Waals surface area (Å²) in [5.74, 6) is 1.45. The van der Waals surface area contributed by atoms with Gasteiger partial charge in [-0.25, -0.2) is 4.98 Å². The van der Waals surface area contributed by atoms with Crippen molar-refractivity contribution in [3.63, 3.8) is 0 Å². The first kappa shape index (κ1) is 39.8. The highest BCUT2D eigenvalue weighted by molar-refractivity contribution is 6.42. The minimum absolute atomic E-state index is 0.0652. The van der Waals surface area contributed by atoms with Crippen molar-refractivity contribution in [1.29, 1.82) is 0 Å². The van der Waals surface area contributed by atoms with Crippen LogP contribution in [0.3, 0.4) is 0 Å². The summed E-state index contributed by atoms with van der Waals surface area (Å²) in [7, 11) is 0. The number of carbonyl (C=O) groups excluding carboxylic acids is 2. The van der Waals surface area contributed by atoms with Crippen molar-refractivity contribution in [1.82, 2.24) is 19.4 Å². The van der Waals surface area contributed by atoms with E-state index < -0.39 is 0 Å². The summed E-state index contributed by atoms with van der Waals surface area (Å²) < 4.78 is 13.5. The van der Waals surface area contributed by atoms with Crippen molar-refractivity contribution in [2.24, 2.45) is 5.92 Å². The van der Waals surface area contributed by atoms with Gasteiger partial charge in [-0.2, -0.15) is 0 Å². The fourth-order valence-electron chi connectivity index (χ4n) is 7.53. The summed E-state index contributed by atoms with van der Waals surface area (Å²) in [6, 6.07) is 13.8. The first-order chi connectivity index (χ1) is 25.1. The summed E-state index contributed by atoms with van der Waals surface area (Å²) in [5, 5.41) is 1.06. The fourth-order valence-corrected chi connectivity index (χ4v) is 7.83. The Hall–Kier alpha value is -3.43. The van der Waals surface area contributed by atoms with E-state index in [9.17, 15) is 9.59 Å². The standard InChI is InChI=1S/C42H54Cl2N4O4/c1-5-7-8-12-35-29-45-41(48(35)24-25-51-6-2)40(50)33-16-21-46(22-17-33)23-19-42(34-14-15-37(43)38(44)28-34)18-10-20-47(30-42)39(49)27-32-11-9-13-36(26-32)52-31(3)4/h5,7-9,11-15,26,28-29,31,33H,6,10,16-25,27,30H2,1-4H3. The maximum atomic E-state index is 13.9. The Morgan fingerprint density at radius 3 is 2.58 bits per heavy atom. The molecule has 2 aliphatic rings. The molecule has 5 rings (SSSR count). The number of likely N-dealkylation sites (tertiary alicyclic amines) is 2. The number of allylic oxidation sites excluding steroid dienone is 3. The number of rotatable bonds is 16. The van der Waals surface area contributed by atoms with Gasteiger partial charge < -0.3 is 23.8 Å². The maximum absolute atomic E-state index is 13.9. The van der Waals surface area contributed by atoms with Crippen LogP contribution in [0.5, 0.6) is 5.75 Å². The average molecular weight is 750 g/mol. The van der Waals surface area contributed by atoms with Crippen LogP contribution in [0.2, 0.25) is 10.0 Å². The SMILES string of the molecule is CC=CC=Cc1cnc(C(=O)C2CCN(CCC3(c4ccc(Cl)c(Cl)c4)CCCN(C(=O)Cc4cccc(OC(C)C)c4)C3)CC2)n1CCOCC. The quantitative estimate of drug-likeness (QED) is 0.0829. The molecule has 3 heterocycles. The van der Waals surface area contributed by atoms with E-state index in [0.29, 0.717) is 48.6 Å². The number of imidazole rings is 1. The predicted octanol–water partition coefficient (Wildman–Crippen LogP) is 8.69. The zero-order valence-corrected chi connectivity index (χ0v) is 32.7. The zero-order chi connectivity index (χ0) is 37.1. The lowest BCUT2D eigenvalue weighted by molar-refractivity contribution is -0.132. The average Bonchev–Trinajstić information content (AvgIpc) is 3.54. The lowest BCUT2D eigenvalue weighted by Gasteiger charge is -2.45. The van der Waals surface area contributed by atoms with Gasteiger partial charge in [0.25, 0.3) is 0 Å². The van der Waals surface area contributed by atoms with Crippen molar-refractivity contribution in [2.75, 3.05) is 45.9 Å². The Morgan fingerprint density at radius 2 is 1.85 bits per heavy atom. The van der Waals surface area contributed by atoms with Crippen LogP contribution >= 0.6 is 23.2 Å². The van der Waals surface area contributed by atoms with Crippen molar-refractivity contribution >= 4 is 41.0 Å². The van der Waals surface area contributed by atoms with Gasteiger partial charge in [0.15, 0.2) is 5.82 Å². The fraction of sp³-hybridized carbons (Fsp3) is 0.500. The first-order valence-electron chi connectivity index (χ1n) is 18.8. The van der Waals surface area contributed by atoms with Gasteiger partial charge in [0.05, 0.1) is 41.1 Å². The molecular weight excluding hydrogens is 695 g/mol. The number of nitrogens with zero attached hydrogens (tertiary/aromatic N) is 4. The smallest absolute Gasteiger partial charge is 0.227 e. The molecule has 280 valence electrons. The Morgan fingerprint density at radius 1 is 1.04 bits per heavy atom. The molecule has 3 aromatic rings. The molecule has 8 nitrogen and oxygen atoms in total. The largest absolute Gasteiger partial charge is 0.491 e. The molecule has 2 aromatic carbocycles. The number of piperidine rings is 2. The number of halogens is 2. The molecule has 0 spiro atoms. The van der Waals surface area contributed by atoms with Crippen LogP contribution in [0.1, 0.15) is 87.2 Å². The minimum Gasteiger partial charge on any atom is -0.491 e. The second-order valence-electron chi connectivity index (χ2n) is 14.3. The van der Waals surface area contributed by atoms with E-state index in [1.165, 1.54) is 0 Å². The van der Waals surface area contributed by atoms with E-state index in [0.717, 1.165) is 80.9 Å². The molecule has 1 atom stereocenters. The number of aromatic nitrogens is 2. The second-order valence-corrected chi connectivity index (χ2v) is 15.1. The lowest BCUT2D eigenvalue weighted by Crippen LogP contribution is -2.50. The highest BCUT2D eigenvalue weighted by atomic mass is 35.5. The maximum Gasteiger partial charge on any atom is 0.227 e. The van der Waals surface area contributed by atoms with Crippen molar-refractivity contribution < 1.29 is 19.1 Å². The van der Waals surface area contributed by atoms with E-state index >= 15 is 0 Å². The van der Waals surface area contributed by atoms with E-state index in [2.05, 4.69) is 16.0 Å². The number of hydrogen-bond acceptors (Lipinski definition) is 6. The van der Waals surface area contributed by atoms with Crippen LogP contribution in [0.4, 0.5) is 0 Å². The van der Waals surface area contributed by atoms with Crippen molar-refractivity contribution in [2.45, 2.75) is 84.3 Å². The molecular formula is C42H54Cl2N4O4. The zero-order valence-electron chi connectivity index (χ0n) is 31.2. The van der Waals surface area contributed by atoms with E-state index in [-0.39, 0.29) is 29.1 Å². The monoisotopic (exact) mass is 748 g/mol. The molecule has 1 aromatic heterocycles. The highest BCUT2D eigenvalue weighted by Crippen LogP contribution is 2.40. The van der Waals surface area contributed by atoms with Crippen LogP contribution in [0.25, 0.3) is 6.08 Å². The third kappa shape index (κ3) is 10.4. The molecule has 0 aliphatic carbocycles. The molecule has 2 fully saturated rings. The third-order valence-corrected chi connectivity index (χ3v) is 11.0. The topological polar surface area (TPSA) is 76.9 Å². The second kappa shape index (κ2) is 19.1. The molecule has 0 radical (unpaired) electrons. The number of hydrogen-bond donors (Lipinski definition) is 0. The molecule has 2 saturated heterocycles. The Labute approximate surface area is 319 Å². The molecule has 1 amide bonds. The molecule has 0 N–H and O–H groups in total. The number of carbonyl (C=O) groups is 2. The number of amides is 1. The van der Waals surface area contributed by atoms with Gasteiger partial charge in [0.2, 0.25) is 11.7 Å². The van der Waals surface area contributed by atoms with Crippen LogP contribution in [0, 0.1) is 5.92 Å². The summed E-state index contributed by atoms with van der Waals surface area (Å²) in [5.41, 5.74) is 2.71. The van der Waals surface area contributed by atoms with Gasteiger partial charge in [0.1, 0.15) is 5.75 Å². The molecule has 2 aliphatic heterocycles. The number of benzene rings is 2. The van der Waals surface area contributed by atoms with Gasteiger partial charge in [-0.15, -0.1) is 0 Å². The highest BCUT2D eigenvalue weighted by Gasteiger charge is 2.40. The van der Waals surface area contributed by atoms with Crippen LogP contribution < -0.4 is 4.74 Å².